The highest BCUT2D eigenvalue weighted by Crippen LogP contribution is 2.47. The first-order valence-corrected chi connectivity index (χ1v) is 15.7. The van der Waals surface area contributed by atoms with Crippen LogP contribution in [0, 0.1) is 46.3 Å². The van der Waals surface area contributed by atoms with Gasteiger partial charge in [0.2, 0.25) is 40.7 Å². The molecule has 1 aliphatic carbocycles. The van der Waals surface area contributed by atoms with Gasteiger partial charge in [0.15, 0.2) is 14.8 Å². The monoisotopic (exact) mass is 583 g/mol. The quantitative estimate of drug-likeness (QED) is 0.0954. The Morgan fingerprint density at radius 1 is 0.950 bits per heavy atom. The molecule has 6 nitrogen and oxygen atoms in total. The minimum atomic E-state index is -2.38. The van der Waals surface area contributed by atoms with E-state index >= 15 is 0 Å². The number of ether oxygens (including phenoxy) is 1. The van der Waals surface area contributed by atoms with Crippen LogP contribution in [0.2, 0.25) is 13.1 Å². The van der Waals surface area contributed by atoms with Gasteiger partial charge in [-0.15, -0.1) is 0 Å². The maximum absolute atomic E-state index is 14.0. The molecule has 0 unspecified atom stereocenters. The summed E-state index contributed by atoms with van der Waals surface area (Å²) in [6, 6.07) is 3.37. The fourth-order valence-electron chi connectivity index (χ4n) is 5.50. The van der Waals surface area contributed by atoms with E-state index in [0.717, 1.165) is 0 Å². The molecule has 1 N–H and O–H groups in total. The van der Waals surface area contributed by atoms with Gasteiger partial charge in [-0.25, -0.2) is 18.0 Å². The number of hydrogen-bond acceptors (Lipinski definition) is 5. The van der Waals surface area contributed by atoms with Crippen LogP contribution in [0.1, 0.15) is 60.4 Å². The molecule has 0 bridgehead atoms. The lowest BCUT2D eigenvalue weighted by Gasteiger charge is -2.56. The number of carbonyl (C=O) groups excluding carboxylic acids is 3. The Balaban J connectivity index is 1.63. The number of rotatable bonds is 6. The summed E-state index contributed by atoms with van der Waals surface area (Å²) in [6.07, 6.45) is 0.880. The van der Waals surface area contributed by atoms with E-state index in [1.807, 2.05) is 40.8 Å². The van der Waals surface area contributed by atoms with Crippen molar-refractivity contribution in [1.82, 2.24) is 5.32 Å². The van der Waals surface area contributed by atoms with Crippen LogP contribution in [0.5, 0.6) is 5.75 Å². The number of amides is 1. The number of aryl methyl sites for hydroxylation is 1. The van der Waals surface area contributed by atoms with Crippen molar-refractivity contribution >= 4 is 26.7 Å². The molecule has 2 aliphatic rings. The zero-order chi connectivity index (χ0) is 29.9. The average molecular weight is 584 g/mol. The number of benzene rings is 2. The van der Waals surface area contributed by atoms with Crippen LogP contribution in [0.4, 0.5) is 22.0 Å². The maximum atomic E-state index is 14.0. The molecule has 4 rings (SSSR count). The molecule has 40 heavy (non-hydrogen) atoms. The van der Waals surface area contributed by atoms with Crippen LogP contribution in [0.25, 0.3) is 0 Å². The van der Waals surface area contributed by atoms with E-state index in [4.69, 9.17) is 4.43 Å². The van der Waals surface area contributed by atoms with Crippen molar-refractivity contribution in [2.45, 2.75) is 65.3 Å². The first-order valence-electron chi connectivity index (χ1n) is 12.9. The predicted molar refractivity (Wildman–Crippen MR) is 137 cm³/mol. The van der Waals surface area contributed by atoms with E-state index in [1.54, 1.807) is 0 Å². The minimum Gasteiger partial charge on any atom is -0.416 e. The second kappa shape index (κ2) is 10.4. The molecule has 1 amide bonds. The molecule has 1 heterocycles. The van der Waals surface area contributed by atoms with E-state index < -0.39 is 78.7 Å². The molecule has 0 radical (unpaired) electrons. The van der Waals surface area contributed by atoms with Crippen LogP contribution in [-0.4, -0.2) is 38.3 Å². The van der Waals surface area contributed by atoms with Crippen molar-refractivity contribution in [2.24, 2.45) is 17.3 Å². The van der Waals surface area contributed by atoms with Crippen molar-refractivity contribution in [3.05, 3.63) is 64.0 Å². The SMILES string of the molecule is C[SiH](C)O[C@](C)([C@H]1C(=O)N[C@@H]1[C@H]1CCc2ccc(C(=O)Oc3c(F)c(F)c(F)c(F)c3F)cc2C1=O)C(C)(C)C. The number of fused-ring (bicyclic) bond motifs is 1. The first-order chi connectivity index (χ1) is 18.5. The summed E-state index contributed by atoms with van der Waals surface area (Å²) in [5.74, 6) is -16.4. The van der Waals surface area contributed by atoms with Crippen molar-refractivity contribution in [3.63, 3.8) is 0 Å². The number of β-lactam (4-membered cyclic amide) rings is 1. The highest BCUT2D eigenvalue weighted by atomic mass is 28.3. The largest absolute Gasteiger partial charge is 0.416 e. The Bertz CT molecular complexity index is 1380. The van der Waals surface area contributed by atoms with Gasteiger partial charge in [0, 0.05) is 11.5 Å². The standard InChI is InChI=1S/C28H30F5NO5Si/c1-27(2,3)28(4,39-40(5)6)16-22(34-25(16)36)14-10-9-12-7-8-13(11-15(12)23(14)35)26(37)38-24-20(32)18(30)17(29)19(31)21(24)33/h7-8,11,14,16,22,40H,9-10H2,1-6H3,(H,34,36)/t14-,16-,22-,28-/m1/s1. The minimum absolute atomic E-state index is 0.152. The van der Waals surface area contributed by atoms with Gasteiger partial charge in [-0.2, -0.15) is 8.78 Å². The lowest BCUT2D eigenvalue weighted by Crippen LogP contribution is -2.73. The van der Waals surface area contributed by atoms with Gasteiger partial charge < -0.3 is 14.5 Å². The Morgan fingerprint density at radius 2 is 1.52 bits per heavy atom. The maximum Gasteiger partial charge on any atom is 0.343 e. The molecule has 1 saturated heterocycles. The Labute approximate surface area is 230 Å². The summed E-state index contributed by atoms with van der Waals surface area (Å²) in [4.78, 5) is 39.2. The second-order valence-electron chi connectivity index (χ2n) is 11.7. The molecule has 4 atom stereocenters. The number of ketones is 1. The van der Waals surface area contributed by atoms with Crippen LogP contribution >= 0.6 is 0 Å². The molecule has 2 aromatic rings. The van der Waals surface area contributed by atoms with Gasteiger partial charge in [-0.05, 0) is 56.0 Å². The molecule has 1 aliphatic heterocycles. The van der Waals surface area contributed by atoms with Crippen molar-refractivity contribution in [1.29, 1.82) is 0 Å². The Hall–Kier alpha value is -3.12. The smallest absolute Gasteiger partial charge is 0.343 e. The number of Topliss-reactive ketones (excluding diaryl/α,β-unsaturated/α-hetero) is 1. The molecule has 0 aromatic heterocycles. The van der Waals surface area contributed by atoms with Crippen molar-refractivity contribution in [3.8, 4) is 5.75 Å². The van der Waals surface area contributed by atoms with Gasteiger partial charge in [-0.3, -0.25) is 9.59 Å². The highest BCUT2D eigenvalue weighted by Gasteiger charge is 2.60. The first kappa shape index (κ1) is 29.8. The Kier molecular flexibility index (Phi) is 7.74. The number of carbonyl (C=O) groups is 3. The van der Waals surface area contributed by atoms with Gasteiger partial charge in [0.05, 0.1) is 23.1 Å². The van der Waals surface area contributed by atoms with Crippen LogP contribution < -0.4 is 10.1 Å². The molecule has 216 valence electrons. The second-order valence-corrected chi connectivity index (χ2v) is 14.0. The normalized spacial score (nSPS) is 22.4. The van der Waals surface area contributed by atoms with Gasteiger partial charge in [-0.1, -0.05) is 26.8 Å². The van der Waals surface area contributed by atoms with E-state index in [9.17, 15) is 36.3 Å². The van der Waals surface area contributed by atoms with Gasteiger partial charge in [0.1, 0.15) is 0 Å². The molecule has 0 spiro atoms. The summed E-state index contributed by atoms with van der Waals surface area (Å²) in [5.41, 5.74) is -0.832. The number of halogens is 5. The van der Waals surface area contributed by atoms with E-state index in [2.05, 4.69) is 10.1 Å². The lowest BCUT2D eigenvalue weighted by atomic mass is 9.60. The number of esters is 1. The summed E-state index contributed by atoms with van der Waals surface area (Å²) in [6.45, 7) is 11.8. The average Bonchev–Trinajstić information content (AvgIpc) is 2.86. The topological polar surface area (TPSA) is 81.7 Å². The molecule has 0 saturated carbocycles. The molecular weight excluding hydrogens is 553 g/mol. The van der Waals surface area contributed by atoms with Crippen LogP contribution in [0.3, 0.4) is 0 Å². The summed E-state index contributed by atoms with van der Waals surface area (Å²) in [5, 5.41) is 2.87. The zero-order valence-electron chi connectivity index (χ0n) is 22.9. The fraction of sp³-hybridized carbons (Fsp3) is 0.464. The molecule has 12 heteroatoms. The molecule has 1 fully saturated rings. The Morgan fingerprint density at radius 3 is 2.05 bits per heavy atom. The number of hydrogen-bond donors (Lipinski definition) is 1. The van der Waals surface area contributed by atoms with Gasteiger partial charge >= 0.3 is 5.97 Å². The van der Waals surface area contributed by atoms with Gasteiger partial charge in [0.25, 0.3) is 0 Å². The van der Waals surface area contributed by atoms with E-state index in [-0.39, 0.29) is 22.8 Å². The molecule has 2 aromatic carbocycles. The van der Waals surface area contributed by atoms with E-state index in [1.165, 1.54) is 18.2 Å². The summed E-state index contributed by atoms with van der Waals surface area (Å²) < 4.78 is 79.5. The van der Waals surface area contributed by atoms with Crippen LogP contribution in [-0.2, 0) is 15.6 Å². The highest BCUT2D eigenvalue weighted by molar-refractivity contribution is 6.48. The third-order valence-corrected chi connectivity index (χ3v) is 8.95. The third kappa shape index (κ3) is 4.85. The fourth-order valence-corrected chi connectivity index (χ4v) is 6.98. The van der Waals surface area contributed by atoms with E-state index in [0.29, 0.717) is 18.4 Å². The summed E-state index contributed by atoms with van der Waals surface area (Å²) >= 11 is 0. The zero-order valence-corrected chi connectivity index (χ0v) is 24.0. The molecular formula is C28H30F5NO5Si. The lowest BCUT2D eigenvalue weighted by molar-refractivity contribution is -0.161. The third-order valence-electron chi connectivity index (χ3n) is 7.98. The van der Waals surface area contributed by atoms with Crippen molar-refractivity contribution < 1.29 is 45.5 Å². The predicted octanol–water partition coefficient (Wildman–Crippen LogP) is 5.27. The van der Waals surface area contributed by atoms with Crippen molar-refractivity contribution in [2.75, 3.05) is 0 Å². The van der Waals surface area contributed by atoms with Crippen LogP contribution in [0.15, 0.2) is 18.2 Å². The number of nitrogens with one attached hydrogen (secondary N) is 1. The summed E-state index contributed by atoms with van der Waals surface area (Å²) in [7, 11) is -1.60.